The number of nitrogens with one attached hydrogen (secondary N) is 1. The van der Waals surface area contributed by atoms with E-state index in [1.165, 1.54) is 23.7 Å². The van der Waals surface area contributed by atoms with Crippen molar-refractivity contribution in [1.29, 1.82) is 0 Å². The molecule has 96 valence electrons. The molecule has 0 atom stereocenters. The van der Waals surface area contributed by atoms with Crippen molar-refractivity contribution in [3.8, 4) is 0 Å². The zero-order valence-electron chi connectivity index (χ0n) is 9.02. The first-order valence-electron chi connectivity index (χ1n) is 4.65. The standard InChI is InChI=1S/C9H7BrClN3O2S2/c1-5-6(2-7(10)17-5)18(15,16)14-9-4-12-3-8(11)13-9/h2-4H,1H3,(H,13,14). The number of aromatic nitrogens is 2. The molecule has 0 spiro atoms. The van der Waals surface area contributed by atoms with Crippen molar-refractivity contribution in [3.63, 3.8) is 0 Å². The fourth-order valence-corrected chi connectivity index (χ4v) is 4.83. The Morgan fingerprint density at radius 3 is 2.72 bits per heavy atom. The zero-order valence-corrected chi connectivity index (χ0v) is 13.0. The summed E-state index contributed by atoms with van der Waals surface area (Å²) in [5.74, 6) is 0.0872. The van der Waals surface area contributed by atoms with E-state index in [1.807, 2.05) is 0 Å². The van der Waals surface area contributed by atoms with E-state index in [2.05, 4.69) is 30.6 Å². The van der Waals surface area contributed by atoms with Gasteiger partial charge in [-0.1, -0.05) is 11.6 Å². The van der Waals surface area contributed by atoms with Crippen LogP contribution in [-0.4, -0.2) is 18.4 Å². The summed E-state index contributed by atoms with van der Waals surface area (Å²) in [5, 5.41) is 0.124. The average molecular weight is 369 g/mol. The van der Waals surface area contributed by atoms with Crippen LogP contribution >= 0.6 is 38.9 Å². The second-order valence-electron chi connectivity index (χ2n) is 3.30. The van der Waals surface area contributed by atoms with Crippen molar-refractivity contribution in [2.24, 2.45) is 0 Å². The number of anilines is 1. The molecule has 0 amide bonds. The van der Waals surface area contributed by atoms with E-state index in [9.17, 15) is 8.42 Å². The minimum atomic E-state index is -3.67. The predicted octanol–water partition coefficient (Wildman–Crippen LogP) is 3.06. The molecule has 5 nitrogen and oxygen atoms in total. The molecule has 0 unspecified atom stereocenters. The van der Waals surface area contributed by atoms with Gasteiger partial charge in [-0.2, -0.15) is 0 Å². The van der Waals surface area contributed by atoms with Gasteiger partial charge in [-0.05, 0) is 28.9 Å². The van der Waals surface area contributed by atoms with Crippen LogP contribution in [0.2, 0.25) is 5.15 Å². The highest BCUT2D eigenvalue weighted by Crippen LogP contribution is 2.30. The normalized spacial score (nSPS) is 11.5. The molecule has 0 bridgehead atoms. The van der Waals surface area contributed by atoms with Gasteiger partial charge in [0.1, 0.15) is 10.0 Å². The van der Waals surface area contributed by atoms with Gasteiger partial charge in [-0.15, -0.1) is 11.3 Å². The van der Waals surface area contributed by atoms with E-state index < -0.39 is 10.0 Å². The molecule has 2 rings (SSSR count). The van der Waals surface area contributed by atoms with E-state index in [4.69, 9.17) is 11.6 Å². The largest absolute Gasteiger partial charge is 0.264 e. The Morgan fingerprint density at radius 1 is 1.44 bits per heavy atom. The van der Waals surface area contributed by atoms with Crippen LogP contribution in [0.3, 0.4) is 0 Å². The van der Waals surface area contributed by atoms with Gasteiger partial charge >= 0.3 is 0 Å². The topological polar surface area (TPSA) is 72.0 Å². The molecule has 9 heteroatoms. The van der Waals surface area contributed by atoms with Gasteiger partial charge in [-0.25, -0.2) is 13.4 Å². The van der Waals surface area contributed by atoms with E-state index in [-0.39, 0.29) is 15.9 Å². The molecule has 0 aliphatic rings. The Balaban J connectivity index is 2.36. The first-order valence-corrected chi connectivity index (χ1v) is 8.12. The van der Waals surface area contributed by atoms with Gasteiger partial charge in [0.05, 0.1) is 16.2 Å². The van der Waals surface area contributed by atoms with Crippen LogP contribution in [0.5, 0.6) is 0 Å². The number of nitrogens with zero attached hydrogens (tertiary/aromatic N) is 2. The van der Waals surface area contributed by atoms with Gasteiger partial charge < -0.3 is 0 Å². The highest BCUT2D eigenvalue weighted by Gasteiger charge is 2.20. The van der Waals surface area contributed by atoms with Crippen LogP contribution < -0.4 is 4.72 Å². The molecule has 0 fully saturated rings. The predicted molar refractivity (Wildman–Crippen MR) is 74.6 cm³/mol. The van der Waals surface area contributed by atoms with E-state index in [1.54, 1.807) is 13.0 Å². The molecule has 2 aromatic rings. The molecule has 1 N–H and O–H groups in total. The Labute approximate surface area is 121 Å². The Bertz CT molecular complexity index is 687. The summed E-state index contributed by atoms with van der Waals surface area (Å²) in [5.41, 5.74) is 0. The maximum absolute atomic E-state index is 12.1. The lowest BCUT2D eigenvalue weighted by Crippen LogP contribution is -2.14. The van der Waals surface area contributed by atoms with Crippen molar-refractivity contribution in [3.05, 3.63) is 32.3 Å². The quantitative estimate of drug-likeness (QED) is 0.903. The minimum absolute atomic E-state index is 0.0872. The molecule has 0 saturated heterocycles. The number of sulfonamides is 1. The monoisotopic (exact) mass is 367 g/mol. The summed E-state index contributed by atoms with van der Waals surface area (Å²) < 4.78 is 27.3. The fourth-order valence-electron chi connectivity index (χ4n) is 1.28. The van der Waals surface area contributed by atoms with Gasteiger partial charge in [0, 0.05) is 4.88 Å². The van der Waals surface area contributed by atoms with Crippen molar-refractivity contribution < 1.29 is 8.42 Å². The summed E-state index contributed by atoms with van der Waals surface area (Å²) in [6, 6.07) is 1.54. The molecule has 2 aromatic heterocycles. The van der Waals surface area contributed by atoms with Crippen molar-refractivity contribution in [2.45, 2.75) is 11.8 Å². The lowest BCUT2D eigenvalue weighted by atomic mass is 10.5. The highest BCUT2D eigenvalue weighted by atomic mass is 79.9. The smallest absolute Gasteiger partial charge is 0.262 e. The molecule has 0 aliphatic carbocycles. The molecule has 0 radical (unpaired) electrons. The van der Waals surface area contributed by atoms with Crippen molar-refractivity contribution in [2.75, 3.05) is 4.72 Å². The summed E-state index contributed by atoms with van der Waals surface area (Å²) in [6.07, 6.45) is 2.62. The second-order valence-corrected chi connectivity index (χ2v) is 7.98. The number of rotatable bonds is 3. The lowest BCUT2D eigenvalue weighted by Gasteiger charge is -2.06. The maximum Gasteiger partial charge on any atom is 0.264 e. The first kappa shape index (κ1) is 13.7. The molecule has 18 heavy (non-hydrogen) atoms. The lowest BCUT2D eigenvalue weighted by molar-refractivity contribution is 0.601. The highest BCUT2D eigenvalue weighted by molar-refractivity contribution is 9.11. The van der Waals surface area contributed by atoms with Crippen LogP contribution in [0, 0.1) is 6.92 Å². The number of hydrogen-bond acceptors (Lipinski definition) is 5. The van der Waals surface area contributed by atoms with Crippen molar-refractivity contribution >= 4 is 54.7 Å². The third-order valence-corrected chi connectivity index (χ3v) is 5.32. The molecular weight excluding hydrogens is 362 g/mol. The summed E-state index contributed by atoms with van der Waals surface area (Å²) in [4.78, 5) is 8.48. The fraction of sp³-hybridized carbons (Fsp3) is 0.111. The number of hydrogen-bond donors (Lipinski definition) is 1. The summed E-state index contributed by atoms with van der Waals surface area (Å²) >= 11 is 10.2. The Kier molecular flexibility index (Phi) is 3.90. The Hall–Kier alpha value is -0.700. The number of halogens is 2. The van der Waals surface area contributed by atoms with Gasteiger partial charge in [0.2, 0.25) is 0 Å². The Morgan fingerprint density at radius 2 is 2.17 bits per heavy atom. The first-order chi connectivity index (χ1) is 8.38. The summed E-state index contributed by atoms with van der Waals surface area (Å²) in [6.45, 7) is 1.73. The SMILES string of the molecule is Cc1sc(Br)cc1S(=O)(=O)Nc1cncc(Cl)n1. The number of aryl methyl sites for hydroxylation is 1. The van der Waals surface area contributed by atoms with E-state index in [0.29, 0.717) is 4.88 Å². The second kappa shape index (κ2) is 5.12. The molecule has 0 aliphatic heterocycles. The van der Waals surface area contributed by atoms with E-state index in [0.717, 1.165) is 3.79 Å². The van der Waals surface area contributed by atoms with Crippen LogP contribution in [0.1, 0.15) is 4.88 Å². The maximum atomic E-state index is 12.1. The number of thiophene rings is 1. The summed E-state index contributed by atoms with van der Waals surface area (Å²) in [7, 11) is -3.67. The average Bonchev–Trinajstić information content (AvgIpc) is 2.58. The zero-order chi connectivity index (χ0) is 13.3. The van der Waals surface area contributed by atoms with Crippen LogP contribution in [-0.2, 0) is 10.0 Å². The van der Waals surface area contributed by atoms with Gasteiger partial charge in [0.15, 0.2) is 5.82 Å². The van der Waals surface area contributed by atoms with Crippen LogP contribution in [0.4, 0.5) is 5.82 Å². The van der Waals surface area contributed by atoms with Gasteiger partial charge in [-0.3, -0.25) is 9.71 Å². The molecule has 2 heterocycles. The van der Waals surface area contributed by atoms with E-state index >= 15 is 0 Å². The molecule has 0 saturated carbocycles. The molecule has 0 aromatic carbocycles. The van der Waals surface area contributed by atoms with Gasteiger partial charge in [0.25, 0.3) is 10.0 Å². The third-order valence-electron chi connectivity index (χ3n) is 1.98. The van der Waals surface area contributed by atoms with Crippen molar-refractivity contribution in [1.82, 2.24) is 9.97 Å². The van der Waals surface area contributed by atoms with Crippen LogP contribution in [0.25, 0.3) is 0 Å². The molecular formula is C9H7BrClN3O2S2. The third kappa shape index (κ3) is 3.00. The minimum Gasteiger partial charge on any atom is -0.262 e. The van der Waals surface area contributed by atoms with Crippen LogP contribution in [0.15, 0.2) is 27.1 Å².